The third kappa shape index (κ3) is 3.02. The lowest BCUT2D eigenvalue weighted by atomic mass is 10.0. The zero-order chi connectivity index (χ0) is 13.7. The van der Waals surface area contributed by atoms with E-state index in [-0.39, 0.29) is 5.56 Å². The molecular weight excluding hydrogens is 240 g/mol. The van der Waals surface area contributed by atoms with Gasteiger partial charge in [-0.05, 0) is 37.6 Å². The van der Waals surface area contributed by atoms with Gasteiger partial charge in [-0.2, -0.15) is 0 Å². The van der Waals surface area contributed by atoms with E-state index in [0.717, 1.165) is 35.4 Å². The van der Waals surface area contributed by atoms with Crippen LogP contribution in [0.15, 0.2) is 35.4 Å². The summed E-state index contributed by atoms with van der Waals surface area (Å²) in [7, 11) is 0. The van der Waals surface area contributed by atoms with E-state index in [0.29, 0.717) is 6.61 Å². The Morgan fingerprint density at radius 1 is 1.21 bits per heavy atom. The summed E-state index contributed by atoms with van der Waals surface area (Å²) in [5, 5.41) is 0. The molecule has 0 bridgehead atoms. The van der Waals surface area contributed by atoms with E-state index in [1.807, 2.05) is 31.2 Å². The summed E-state index contributed by atoms with van der Waals surface area (Å²) in [4.78, 5) is 18.8. The van der Waals surface area contributed by atoms with E-state index in [9.17, 15) is 4.79 Å². The number of aromatic amines is 1. The molecule has 1 aromatic heterocycles. The molecule has 0 saturated heterocycles. The monoisotopic (exact) mass is 258 g/mol. The van der Waals surface area contributed by atoms with Gasteiger partial charge in [-0.1, -0.05) is 13.3 Å². The molecule has 0 aliphatic rings. The maximum Gasteiger partial charge on any atom is 0.254 e. The van der Waals surface area contributed by atoms with Crippen molar-refractivity contribution in [2.45, 2.75) is 26.7 Å². The Balaban J connectivity index is 2.40. The zero-order valence-electron chi connectivity index (χ0n) is 11.3. The molecule has 4 nitrogen and oxygen atoms in total. The SMILES string of the molecule is CCCc1c(-c2ccc(OCC)cc2)nc[nH]c1=O. The number of ether oxygens (including phenoxy) is 1. The average molecular weight is 258 g/mol. The molecule has 0 atom stereocenters. The fourth-order valence-electron chi connectivity index (χ4n) is 2.03. The summed E-state index contributed by atoms with van der Waals surface area (Å²) < 4.78 is 5.41. The highest BCUT2D eigenvalue weighted by molar-refractivity contribution is 5.63. The van der Waals surface area contributed by atoms with E-state index in [1.54, 1.807) is 0 Å². The molecular formula is C15H18N2O2. The minimum atomic E-state index is -0.0549. The third-order valence-corrected chi connectivity index (χ3v) is 2.89. The number of H-pyrrole nitrogens is 1. The number of rotatable bonds is 5. The van der Waals surface area contributed by atoms with Crippen molar-refractivity contribution < 1.29 is 4.74 Å². The first-order valence-electron chi connectivity index (χ1n) is 6.56. The number of nitrogens with one attached hydrogen (secondary N) is 1. The Morgan fingerprint density at radius 3 is 2.58 bits per heavy atom. The van der Waals surface area contributed by atoms with Crippen LogP contribution >= 0.6 is 0 Å². The van der Waals surface area contributed by atoms with E-state index in [1.165, 1.54) is 6.33 Å². The quantitative estimate of drug-likeness (QED) is 0.897. The topological polar surface area (TPSA) is 55.0 Å². The molecule has 1 heterocycles. The Hall–Kier alpha value is -2.10. The maximum atomic E-state index is 11.9. The smallest absolute Gasteiger partial charge is 0.254 e. The lowest BCUT2D eigenvalue weighted by molar-refractivity contribution is 0.340. The van der Waals surface area contributed by atoms with Gasteiger partial charge in [0.15, 0.2) is 0 Å². The number of aromatic nitrogens is 2. The van der Waals surface area contributed by atoms with Gasteiger partial charge >= 0.3 is 0 Å². The Morgan fingerprint density at radius 2 is 1.95 bits per heavy atom. The predicted octanol–water partition coefficient (Wildman–Crippen LogP) is 2.79. The summed E-state index contributed by atoms with van der Waals surface area (Å²) in [6.45, 7) is 4.64. The molecule has 0 amide bonds. The highest BCUT2D eigenvalue weighted by Gasteiger charge is 2.09. The fourth-order valence-corrected chi connectivity index (χ4v) is 2.03. The van der Waals surface area contributed by atoms with Crippen LogP contribution in [-0.2, 0) is 6.42 Å². The number of nitrogens with zero attached hydrogens (tertiary/aromatic N) is 1. The van der Waals surface area contributed by atoms with Crippen molar-refractivity contribution in [3.63, 3.8) is 0 Å². The molecule has 0 aliphatic heterocycles. The second kappa shape index (κ2) is 6.18. The zero-order valence-corrected chi connectivity index (χ0v) is 11.3. The Bertz CT molecular complexity index is 588. The van der Waals surface area contributed by atoms with Gasteiger partial charge in [0.1, 0.15) is 5.75 Å². The minimum absolute atomic E-state index is 0.0549. The van der Waals surface area contributed by atoms with Crippen molar-refractivity contribution in [3.05, 3.63) is 46.5 Å². The molecule has 4 heteroatoms. The second-order valence-corrected chi connectivity index (χ2v) is 4.27. The van der Waals surface area contributed by atoms with E-state index in [4.69, 9.17) is 4.74 Å². The van der Waals surface area contributed by atoms with Crippen molar-refractivity contribution in [3.8, 4) is 17.0 Å². The van der Waals surface area contributed by atoms with Crippen LogP contribution in [0, 0.1) is 0 Å². The van der Waals surface area contributed by atoms with Crippen LogP contribution in [-0.4, -0.2) is 16.6 Å². The first-order valence-corrected chi connectivity index (χ1v) is 6.56. The van der Waals surface area contributed by atoms with Crippen LogP contribution in [0.1, 0.15) is 25.8 Å². The molecule has 1 N–H and O–H groups in total. The van der Waals surface area contributed by atoms with Crippen molar-refractivity contribution >= 4 is 0 Å². The first-order chi connectivity index (χ1) is 9.26. The molecule has 0 aliphatic carbocycles. The van der Waals surface area contributed by atoms with Crippen LogP contribution in [0.3, 0.4) is 0 Å². The fraction of sp³-hybridized carbons (Fsp3) is 0.333. The van der Waals surface area contributed by atoms with Gasteiger partial charge in [-0.15, -0.1) is 0 Å². The van der Waals surface area contributed by atoms with Crippen LogP contribution in [0.5, 0.6) is 5.75 Å². The highest BCUT2D eigenvalue weighted by Crippen LogP contribution is 2.22. The van der Waals surface area contributed by atoms with Gasteiger partial charge in [0.05, 0.1) is 18.6 Å². The lowest BCUT2D eigenvalue weighted by Crippen LogP contribution is -2.14. The average Bonchev–Trinajstić information content (AvgIpc) is 2.43. The standard InChI is InChI=1S/C15H18N2O2/c1-3-5-13-14(16-10-17-15(13)18)11-6-8-12(9-7-11)19-4-2/h6-10H,3-5H2,1-2H3,(H,16,17,18). The van der Waals surface area contributed by atoms with Crippen LogP contribution < -0.4 is 10.3 Å². The first kappa shape index (κ1) is 13.3. The van der Waals surface area contributed by atoms with Crippen molar-refractivity contribution in [2.24, 2.45) is 0 Å². The molecule has 0 saturated carbocycles. The predicted molar refractivity (Wildman–Crippen MR) is 75.5 cm³/mol. The van der Waals surface area contributed by atoms with Gasteiger partial charge in [0, 0.05) is 11.1 Å². The van der Waals surface area contributed by atoms with Crippen molar-refractivity contribution in [1.29, 1.82) is 0 Å². The number of hydrogen-bond donors (Lipinski definition) is 1. The summed E-state index contributed by atoms with van der Waals surface area (Å²) in [6, 6.07) is 7.67. The Kier molecular flexibility index (Phi) is 4.34. The highest BCUT2D eigenvalue weighted by atomic mass is 16.5. The van der Waals surface area contributed by atoms with Gasteiger partial charge < -0.3 is 9.72 Å². The van der Waals surface area contributed by atoms with Crippen LogP contribution in [0.4, 0.5) is 0 Å². The van der Waals surface area contributed by atoms with Crippen molar-refractivity contribution in [2.75, 3.05) is 6.61 Å². The van der Waals surface area contributed by atoms with Gasteiger partial charge in [0.25, 0.3) is 5.56 Å². The third-order valence-electron chi connectivity index (χ3n) is 2.89. The van der Waals surface area contributed by atoms with Gasteiger partial charge in [0.2, 0.25) is 0 Å². The van der Waals surface area contributed by atoms with E-state index >= 15 is 0 Å². The molecule has 2 rings (SSSR count). The molecule has 2 aromatic rings. The molecule has 1 aromatic carbocycles. The summed E-state index contributed by atoms with van der Waals surface area (Å²) in [5.41, 5.74) is 2.39. The molecule has 100 valence electrons. The van der Waals surface area contributed by atoms with Crippen molar-refractivity contribution in [1.82, 2.24) is 9.97 Å². The molecule has 19 heavy (non-hydrogen) atoms. The number of benzene rings is 1. The normalized spacial score (nSPS) is 10.4. The largest absolute Gasteiger partial charge is 0.494 e. The lowest BCUT2D eigenvalue weighted by Gasteiger charge is -2.08. The number of hydrogen-bond acceptors (Lipinski definition) is 3. The second-order valence-electron chi connectivity index (χ2n) is 4.27. The Labute approximate surface area is 112 Å². The summed E-state index contributed by atoms with van der Waals surface area (Å²) >= 11 is 0. The summed E-state index contributed by atoms with van der Waals surface area (Å²) in [5.74, 6) is 0.827. The van der Waals surface area contributed by atoms with E-state index in [2.05, 4.69) is 16.9 Å². The van der Waals surface area contributed by atoms with Crippen LogP contribution in [0.25, 0.3) is 11.3 Å². The van der Waals surface area contributed by atoms with Gasteiger partial charge in [-0.25, -0.2) is 4.98 Å². The van der Waals surface area contributed by atoms with E-state index < -0.39 is 0 Å². The molecule has 0 radical (unpaired) electrons. The molecule has 0 unspecified atom stereocenters. The van der Waals surface area contributed by atoms with Gasteiger partial charge in [-0.3, -0.25) is 4.79 Å². The summed E-state index contributed by atoms with van der Waals surface area (Å²) in [6.07, 6.45) is 3.10. The molecule has 0 spiro atoms. The maximum absolute atomic E-state index is 11.9. The minimum Gasteiger partial charge on any atom is -0.494 e. The molecule has 0 fully saturated rings. The van der Waals surface area contributed by atoms with Crippen LogP contribution in [0.2, 0.25) is 0 Å².